The van der Waals surface area contributed by atoms with Crippen LogP contribution in [0, 0.1) is 0 Å². The molecule has 0 aliphatic carbocycles. The molecular weight excluding hydrogens is 220 g/mol. The topological polar surface area (TPSA) is 86.7 Å². The summed E-state index contributed by atoms with van der Waals surface area (Å²) in [5.41, 5.74) is 0. The molecule has 3 unspecified atom stereocenters. The summed E-state index contributed by atoms with van der Waals surface area (Å²) in [4.78, 5) is 34.5. The molecule has 7 heteroatoms. The number of nitrogens with zero attached hydrogens (tertiary/aromatic N) is 1. The Balaban J connectivity index is 2.16. The number of hydrogen-bond donors (Lipinski definition) is 2. The average Bonchev–Trinajstić information content (AvgIpc) is 2.36. The molecule has 0 aromatic heterocycles. The number of carboxylic acid groups (broad SMARTS) is 1. The zero-order valence-corrected chi connectivity index (χ0v) is 8.78. The summed E-state index contributed by atoms with van der Waals surface area (Å²) in [6.45, 7) is 1.31. The standard InChI is InChI=1S/C8H10N2O4S/c1-3(11)9-7-6(8(13)14)15-5-2-4(12)10(5)7/h5-7H,2H2,1H3,(H,9,11)(H,13,14). The summed E-state index contributed by atoms with van der Waals surface area (Å²) in [6, 6.07) is 0. The highest BCUT2D eigenvalue weighted by atomic mass is 32.2. The van der Waals surface area contributed by atoms with Gasteiger partial charge in [0.2, 0.25) is 11.8 Å². The fourth-order valence-corrected chi connectivity index (χ4v) is 3.21. The van der Waals surface area contributed by atoms with Crippen LogP contribution in [0.3, 0.4) is 0 Å². The summed E-state index contributed by atoms with van der Waals surface area (Å²) >= 11 is 1.21. The summed E-state index contributed by atoms with van der Waals surface area (Å²) in [7, 11) is 0. The number of β-lactam (4-membered cyclic amide) rings is 1. The lowest BCUT2D eigenvalue weighted by molar-refractivity contribution is -0.147. The van der Waals surface area contributed by atoms with Gasteiger partial charge in [-0.25, -0.2) is 0 Å². The molecule has 2 amide bonds. The molecule has 82 valence electrons. The van der Waals surface area contributed by atoms with E-state index in [2.05, 4.69) is 5.32 Å². The van der Waals surface area contributed by atoms with Crippen molar-refractivity contribution in [3.8, 4) is 0 Å². The zero-order chi connectivity index (χ0) is 11.2. The molecular formula is C8H10N2O4S. The lowest BCUT2D eigenvalue weighted by Crippen LogP contribution is -2.59. The lowest BCUT2D eigenvalue weighted by Gasteiger charge is -2.37. The first kappa shape index (κ1) is 10.3. The molecule has 0 saturated carbocycles. The van der Waals surface area contributed by atoms with Crippen molar-refractivity contribution in [2.45, 2.75) is 30.1 Å². The van der Waals surface area contributed by atoms with Crippen molar-refractivity contribution in [2.24, 2.45) is 0 Å². The Bertz CT molecular complexity index is 346. The molecule has 2 fully saturated rings. The Morgan fingerprint density at radius 3 is 2.73 bits per heavy atom. The zero-order valence-electron chi connectivity index (χ0n) is 7.97. The van der Waals surface area contributed by atoms with Gasteiger partial charge in [0.15, 0.2) is 0 Å². The van der Waals surface area contributed by atoms with E-state index in [1.54, 1.807) is 0 Å². The highest BCUT2D eigenvalue weighted by molar-refractivity contribution is 8.01. The second-order valence-corrected chi connectivity index (χ2v) is 4.82. The molecule has 2 aliphatic rings. The molecule has 2 rings (SSSR count). The molecule has 0 aromatic rings. The highest BCUT2D eigenvalue weighted by Crippen LogP contribution is 2.43. The van der Waals surface area contributed by atoms with Gasteiger partial charge in [-0.1, -0.05) is 0 Å². The van der Waals surface area contributed by atoms with Crippen LogP contribution in [0.5, 0.6) is 0 Å². The number of rotatable bonds is 2. The van der Waals surface area contributed by atoms with Crippen LogP contribution in [0.4, 0.5) is 0 Å². The number of hydrogen-bond acceptors (Lipinski definition) is 4. The fraction of sp³-hybridized carbons (Fsp3) is 0.625. The predicted molar refractivity (Wildman–Crippen MR) is 51.9 cm³/mol. The molecule has 2 N–H and O–H groups in total. The summed E-state index contributed by atoms with van der Waals surface area (Å²) in [5.74, 6) is -1.43. The van der Waals surface area contributed by atoms with Crippen molar-refractivity contribution in [1.29, 1.82) is 0 Å². The van der Waals surface area contributed by atoms with Crippen LogP contribution in [0.1, 0.15) is 13.3 Å². The number of aliphatic carboxylic acids is 1. The van der Waals surface area contributed by atoms with E-state index in [0.717, 1.165) is 0 Å². The Hall–Kier alpha value is -1.24. The van der Waals surface area contributed by atoms with Crippen LogP contribution in [0.15, 0.2) is 0 Å². The van der Waals surface area contributed by atoms with Crippen molar-refractivity contribution < 1.29 is 19.5 Å². The maximum absolute atomic E-state index is 11.2. The Labute approximate surface area is 90.0 Å². The molecule has 0 spiro atoms. The average molecular weight is 230 g/mol. The van der Waals surface area contributed by atoms with E-state index >= 15 is 0 Å². The summed E-state index contributed by atoms with van der Waals surface area (Å²) in [5, 5.41) is 10.6. The monoisotopic (exact) mass is 230 g/mol. The number of fused-ring (bicyclic) bond motifs is 1. The smallest absolute Gasteiger partial charge is 0.320 e. The van der Waals surface area contributed by atoms with Gasteiger partial charge in [-0.05, 0) is 0 Å². The van der Waals surface area contributed by atoms with Gasteiger partial charge in [0.1, 0.15) is 11.4 Å². The van der Waals surface area contributed by atoms with Gasteiger partial charge in [-0.3, -0.25) is 14.4 Å². The van der Waals surface area contributed by atoms with Crippen LogP contribution in [-0.2, 0) is 14.4 Å². The SMILES string of the molecule is CC(=O)NC1C(C(=O)O)SC2CC(=O)N21. The molecule has 2 aliphatic heterocycles. The van der Waals surface area contributed by atoms with Gasteiger partial charge in [0.05, 0.1) is 11.8 Å². The minimum absolute atomic E-state index is 0.0875. The van der Waals surface area contributed by atoms with Gasteiger partial charge in [0, 0.05) is 6.92 Å². The molecule has 0 radical (unpaired) electrons. The van der Waals surface area contributed by atoms with Gasteiger partial charge in [0.25, 0.3) is 0 Å². The normalized spacial score (nSPS) is 33.3. The van der Waals surface area contributed by atoms with Crippen LogP contribution in [0.25, 0.3) is 0 Å². The van der Waals surface area contributed by atoms with E-state index in [0.29, 0.717) is 6.42 Å². The Morgan fingerprint density at radius 1 is 1.60 bits per heavy atom. The molecule has 3 atom stereocenters. The highest BCUT2D eigenvalue weighted by Gasteiger charge is 2.54. The van der Waals surface area contributed by atoms with E-state index in [1.165, 1.54) is 23.6 Å². The molecule has 2 saturated heterocycles. The van der Waals surface area contributed by atoms with Crippen LogP contribution in [-0.4, -0.2) is 44.6 Å². The second-order valence-electron chi connectivity index (χ2n) is 3.50. The third-order valence-electron chi connectivity index (χ3n) is 2.43. The van der Waals surface area contributed by atoms with Gasteiger partial charge < -0.3 is 15.3 Å². The van der Waals surface area contributed by atoms with E-state index < -0.39 is 17.4 Å². The fourth-order valence-electron chi connectivity index (χ4n) is 1.79. The van der Waals surface area contributed by atoms with Crippen molar-refractivity contribution in [2.75, 3.05) is 0 Å². The van der Waals surface area contributed by atoms with Gasteiger partial charge in [-0.2, -0.15) is 0 Å². The summed E-state index contributed by atoms with van der Waals surface area (Å²) in [6.07, 6.45) is -0.332. The van der Waals surface area contributed by atoms with E-state index in [4.69, 9.17) is 5.11 Å². The second kappa shape index (κ2) is 3.41. The van der Waals surface area contributed by atoms with Crippen molar-refractivity contribution in [3.05, 3.63) is 0 Å². The van der Waals surface area contributed by atoms with Gasteiger partial charge >= 0.3 is 5.97 Å². The lowest BCUT2D eigenvalue weighted by atomic mass is 10.1. The number of carbonyl (C=O) groups excluding carboxylic acids is 2. The molecule has 2 heterocycles. The first-order valence-electron chi connectivity index (χ1n) is 4.47. The minimum Gasteiger partial charge on any atom is -0.480 e. The molecule has 0 aromatic carbocycles. The van der Waals surface area contributed by atoms with Crippen LogP contribution < -0.4 is 5.32 Å². The number of amides is 2. The number of nitrogens with one attached hydrogen (secondary N) is 1. The van der Waals surface area contributed by atoms with Gasteiger partial charge in [-0.15, -0.1) is 11.8 Å². The molecule has 0 bridgehead atoms. The van der Waals surface area contributed by atoms with Crippen molar-refractivity contribution >= 4 is 29.5 Å². The van der Waals surface area contributed by atoms with E-state index in [-0.39, 0.29) is 17.2 Å². The van der Waals surface area contributed by atoms with Crippen molar-refractivity contribution in [1.82, 2.24) is 10.2 Å². The van der Waals surface area contributed by atoms with E-state index in [1.807, 2.05) is 0 Å². The maximum atomic E-state index is 11.2. The van der Waals surface area contributed by atoms with Crippen LogP contribution in [0.2, 0.25) is 0 Å². The largest absolute Gasteiger partial charge is 0.480 e. The molecule has 15 heavy (non-hydrogen) atoms. The third-order valence-corrected chi connectivity index (χ3v) is 3.89. The Kier molecular flexibility index (Phi) is 2.34. The quantitative estimate of drug-likeness (QED) is 0.607. The maximum Gasteiger partial charge on any atom is 0.320 e. The number of carbonyl (C=O) groups is 3. The third kappa shape index (κ3) is 1.56. The first-order valence-corrected chi connectivity index (χ1v) is 5.41. The van der Waals surface area contributed by atoms with E-state index in [9.17, 15) is 14.4 Å². The molecule has 6 nitrogen and oxygen atoms in total. The number of thioether (sulfide) groups is 1. The summed E-state index contributed by atoms with van der Waals surface area (Å²) < 4.78 is 0. The number of carboxylic acids is 1. The predicted octanol–water partition coefficient (Wildman–Crippen LogP) is -0.793. The minimum atomic E-state index is -0.999. The van der Waals surface area contributed by atoms with Crippen molar-refractivity contribution in [3.63, 3.8) is 0 Å². The first-order chi connectivity index (χ1) is 7.00. The Morgan fingerprint density at radius 2 is 2.27 bits per heavy atom. The van der Waals surface area contributed by atoms with Crippen LogP contribution >= 0.6 is 11.8 Å².